The van der Waals surface area contributed by atoms with Crippen molar-refractivity contribution in [2.45, 2.75) is 16.4 Å². The smallest absolute Gasteiger partial charge is 0.387 e. The lowest BCUT2D eigenvalue weighted by atomic mass is 10.2. The van der Waals surface area contributed by atoms with Gasteiger partial charge in [-0.2, -0.15) is 8.78 Å². The lowest BCUT2D eigenvalue weighted by Crippen LogP contribution is -2.15. The van der Waals surface area contributed by atoms with Crippen LogP contribution < -0.4 is 9.46 Å². The fourth-order valence-electron chi connectivity index (χ4n) is 3.25. The molecule has 0 atom stereocenters. The Balaban J connectivity index is 1.84. The van der Waals surface area contributed by atoms with Crippen molar-refractivity contribution in [2.75, 3.05) is 4.72 Å². The van der Waals surface area contributed by atoms with Gasteiger partial charge in [0.05, 0.1) is 16.1 Å². The van der Waals surface area contributed by atoms with E-state index in [1.54, 1.807) is 6.07 Å². The molecule has 1 N–H and O–H groups in total. The molecule has 1 aromatic heterocycles. The van der Waals surface area contributed by atoms with E-state index in [9.17, 15) is 34.4 Å². The first-order chi connectivity index (χ1) is 16.4. The highest BCUT2D eigenvalue weighted by Crippen LogP contribution is 2.33. The molecule has 0 aliphatic rings. The predicted octanol–water partition coefficient (Wildman–Crippen LogP) is 5.21. The molecular formula is C21H13ClF4N2O5S2. The molecule has 3 aromatic carbocycles. The number of nitrogens with one attached hydrogen (secondary N) is 1. The Labute approximate surface area is 201 Å². The van der Waals surface area contributed by atoms with Crippen molar-refractivity contribution in [1.82, 2.24) is 3.97 Å². The molecule has 0 spiro atoms. The maximum atomic E-state index is 14.4. The van der Waals surface area contributed by atoms with E-state index in [4.69, 9.17) is 11.6 Å². The molecule has 7 nitrogen and oxygen atoms in total. The summed E-state index contributed by atoms with van der Waals surface area (Å²) in [5, 5.41) is 0.0275. The van der Waals surface area contributed by atoms with Crippen molar-refractivity contribution >= 4 is 48.2 Å². The number of hydrogen-bond acceptors (Lipinski definition) is 5. The Hall–Kier alpha value is -3.29. The SMILES string of the molecule is O=S(=O)(Nc1cc(F)c(OC(F)F)cc1F)c1cn(S(=O)(=O)c2ccccc2)c2cc(Cl)ccc12. The van der Waals surface area contributed by atoms with Gasteiger partial charge in [-0.25, -0.2) is 29.6 Å². The second kappa shape index (κ2) is 9.06. The first-order valence-corrected chi connectivity index (χ1v) is 12.8. The van der Waals surface area contributed by atoms with E-state index < -0.39 is 54.6 Å². The van der Waals surface area contributed by atoms with E-state index in [1.807, 2.05) is 4.72 Å². The molecule has 4 aromatic rings. The van der Waals surface area contributed by atoms with Gasteiger partial charge in [-0.1, -0.05) is 29.8 Å². The Morgan fingerprint density at radius 3 is 2.26 bits per heavy atom. The van der Waals surface area contributed by atoms with Gasteiger partial charge < -0.3 is 4.74 Å². The zero-order valence-corrected chi connectivity index (χ0v) is 19.5. The monoisotopic (exact) mass is 548 g/mol. The van der Waals surface area contributed by atoms with Gasteiger partial charge in [0.2, 0.25) is 0 Å². The van der Waals surface area contributed by atoms with Crippen LogP contribution in [-0.4, -0.2) is 27.4 Å². The summed E-state index contributed by atoms with van der Waals surface area (Å²) >= 11 is 6.00. The van der Waals surface area contributed by atoms with E-state index >= 15 is 0 Å². The minimum Gasteiger partial charge on any atom is -0.432 e. The van der Waals surface area contributed by atoms with Crippen molar-refractivity contribution in [3.05, 3.63) is 83.5 Å². The Morgan fingerprint density at radius 2 is 1.60 bits per heavy atom. The zero-order chi connectivity index (χ0) is 25.5. The summed E-state index contributed by atoms with van der Waals surface area (Å²) in [5.41, 5.74) is -1.00. The van der Waals surface area contributed by atoms with Crippen LogP contribution in [0.2, 0.25) is 5.02 Å². The normalized spacial score (nSPS) is 12.3. The highest BCUT2D eigenvalue weighted by Gasteiger charge is 2.28. The number of hydrogen-bond donors (Lipinski definition) is 1. The quantitative estimate of drug-likeness (QED) is 0.320. The highest BCUT2D eigenvalue weighted by molar-refractivity contribution is 7.93. The van der Waals surface area contributed by atoms with E-state index in [0.717, 1.165) is 6.20 Å². The minimum absolute atomic E-state index is 0.0834. The van der Waals surface area contributed by atoms with E-state index in [0.29, 0.717) is 10.0 Å². The third-order valence-corrected chi connectivity index (χ3v) is 8.08. The first-order valence-electron chi connectivity index (χ1n) is 9.48. The Kier molecular flexibility index (Phi) is 6.42. The standard InChI is InChI=1S/C21H13ClF4N2O5S2/c22-12-6-7-14-18(8-12)28(35(31,32)13-4-2-1-3-5-13)11-20(14)34(29,30)27-17-9-16(24)19(10-15(17)23)33-21(25)26/h1-11,21,27H. The third kappa shape index (κ3) is 4.79. The summed E-state index contributed by atoms with van der Waals surface area (Å²) in [4.78, 5) is -0.729. The predicted molar refractivity (Wildman–Crippen MR) is 120 cm³/mol. The maximum absolute atomic E-state index is 14.4. The Bertz CT molecular complexity index is 1640. The molecule has 0 amide bonds. The van der Waals surface area contributed by atoms with Gasteiger partial charge in [0.25, 0.3) is 20.0 Å². The molecule has 4 rings (SSSR count). The maximum Gasteiger partial charge on any atom is 0.387 e. The van der Waals surface area contributed by atoms with Crippen LogP contribution in [0.5, 0.6) is 5.75 Å². The number of sulfonamides is 1. The molecule has 1 heterocycles. The molecule has 35 heavy (non-hydrogen) atoms. The number of halogens is 5. The molecule has 184 valence electrons. The van der Waals surface area contributed by atoms with Crippen LogP contribution >= 0.6 is 11.6 Å². The number of nitrogens with zero attached hydrogens (tertiary/aromatic N) is 1. The molecule has 0 saturated carbocycles. The third-order valence-electron chi connectivity index (χ3n) is 4.77. The van der Waals surface area contributed by atoms with Crippen LogP contribution in [0.15, 0.2) is 76.7 Å². The van der Waals surface area contributed by atoms with Crippen LogP contribution in [0.3, 0.4) is 0 Å². The number of ether oxygens (including phenoxy) is 1. The summed E-state index contributed by atoms with van der Waals surface area (Å²) in [6.07, 6.45) is 0.800. The summed E-state index contributed by atoms with van der Waals surface area (Å²) in [6, 6.07) is 11.5. The van der Waals surface area contributed by atoms with Gasteiger partial charge in [0.1, 0.15) is 4.90 Å². The molecule has 0 aliphatic heterocycles. The van der Waals surface area contributed by atoms with Gasteiger partial charge in [-0.05, 0) is 30.3 Å². The topological polar surface area (TPSA) is 94.5 Å². The second-order valence-corrected chi connectivity index (χ2v) is 10.9. The summed E-state index contributed by atoms with van der Waals surface area (Å²) in [5.74, 6) is -3.99. The summed E-state index contributed by atoms with van der Waals surface area (Å²) < 4.78 is 112. The summed E-state index contributed by atoms with van der Waals surface area (Å²) in [7, 11) is -9.01. The molecule has 0 bridgehead atoms. The average Bonchev–Trinajstić information content (AvgIpc) is 3.18. The van der Waals surface area contributed by atoms with Crippen molar-refractivity contribution < 1.29 is 39.1 Å². The van der Waals surface area contributed by atoms with Gasteiger partial charge in [0, 0.05) is 28.7 Å². The van der Waals surface area contributed by atoms with E-state index in [2.05, 4.69) is 4.74 Å². The van der Waals surface area contributed by atoms with Crippen molar-refractivity contribution in [3.8, 4) is 5.75 Å². The Morgan fingerprint density at radius 1 is 0.914 bits per heavy atom. The number of aromatic nitrogens is 1. The van der Waals surface area contributed by atoms with Crippen molar-refractivity contribution in [3.63, 3.8) is 0 Å². The van der Waals surface area contributed by atoms with Gasteiger partial charge in [-0.15, -0.1) is 0 Å². The second-order valence-electron chi connectivity index (χ2n) is 7.02. The van der Waals surface area contributed by atoms with Crippen LogP contribution in [0, 0.1) is 11.6 Å². The average molecular weight is 549 g/mol. The van der Waals surface area contributed by atoms with Gasteiger partial charge >= 0.3 is 6.61 Å². The fraction of sp³-hybridized carbons (Fsp3) is 0.0476. The van der Waals surface area contributed by atoms with Gasteiger partial charge in [0.15, 0.2) is 17.4 Å². The molecule has 0 aliphatic carbocycles. The van der Waals surface area contributed by atoms with Crippen LogP contribution in [0.4, 0.5) is 23.2 Å². The fourth-order valence-corrected chi connectivity index (χ4v) is 6.13. The van der Waals surface area contributed by atoms with Crippen LogP contribution in [0.25, 0.3) is 10.9 Å². The molecular weight excluding hydrogens is 536 g/mol. The number of rotatable bonds is 7. The number of fused-ring (bicyclic) bond motifs is 1. The zero-order valence-electron chi connectivity index (χ0n) is 17.1. The molecule has 0 fully saturated rings. The molecule has 14 heteroatoms. The number of anilines is 1. The van der Waals surface area contributed by atoms with E-state index in [-0.39, 0.29) is 26.9 Å². The lowest BCUT2D eigenvalue weighted by molar-refractivity contribution is -0.0523. The first kappa shape index (κ1) is 24.8. The number of benzene rings is 3. The van der Waals surface area contributed by atoms with Crippen molar-refractivity contribution in [1.29, 1.82) is 0 Å². The lowest BCUT2D eigenvalue weighted by Gasteiger charge is -2.11. The van der Waals surface area contributed by atoms with Crippen molar-refractivity contribution in [2.24, 2.45) is 0 Å². The van der Waals surface area contributed by atoms with Crippen LogP contribution in [0.1, 0.15) is 0 Å². The summed E-state index contributed by atoms with van der Waals surface area (Å²) in [6.45, 7) is -3.43. The van der Waals surface area contributed by atoms with Gasteiger partial charge in [-0.3, -0.25) is 4.72 Å². The van der Waals surface area contributed by atoms with E-state index in [1.165, 1.54) is 42.5 Å². The molecule has 0 radical (unpaired) electrons. The minimum atomic E-state index is -4.72. The van der Waals surface area contributed by atoms with Crippen LogP contribution in [-0.2, 0) is 20.0 Å². The highest BCUT2D eigenvalue weighted by atomic mass is 35.5. The largest absolute Gasteiger partial charge is 0.432 e. The molecule has 0 saturated heterocycles. The number of alkyl halides is 2. The molecule has 0 unspecified atom stereocenters.